The summed E-state index contributed by atoms with van der Waals surface area (Å²) in [4.78, 5) is 28.7. The van der Waals surface area contributed by atoms with Gasteiger partial charge >= 0.3 is 0 Å². The van der Waals surface area contributed by atoms with E-state index in [1.54, 1.807) is 39.2 Å². The van der Waals surface area contributed by atoms with Gasteiger partial charge in [-0.05, 0) is 32.0 Å². The van der Waals surface area contributed by atoms with E-state index in [9.17, 15) is 9.59 Å². The van der Waals surface area contributed by atoms with Crippen molar-refractivity contribution >= 4 is 28.6 Å². The SMILES string of the molecule is COc1ccccc1NCC(=O)NNC(=O)c1cc(C)nc2onc(C)c12. The Kier molecular flexibility index (Phi) is 5.20. The number of carbonyl (C=O) groups excluding carboxylic acids is 2. The maximum absolute atomic E-state index is 12.5. The minimum atomic E-state index is -0.484. The topological polar surface area (TPSA) is 118 Å². The molecule has 0 aliphatic rings. The fourth-order valence-corrected chi connectivity index (χ4v) is 2.60. The minimum Gasteiger partial charge on any atom is -0.495 e. The van der Waals surface area contributed by atoms with Crippen molar-refractivity contribution in [2.24, 2.45) is 0 Å². The molecule has 0 aliphatic carbocycles. The number of hydrogen-bond donors (Lipinski definition) is 3. The fraction of sp³-hybridized carbons (Fsp3) is 0.222. The number of fused-ring (bicyclic) bond motifs is 1. The molecule has 0 aliphatic heterocycles. The number of aryl methyl sites for hydroxylation is 2. The number of aromatic nitrogens is 2. The molecule has 3 N–H and O–H groups in total. The van der Waals surface area contributed by atoms with Crippen molar-refractivity contribution in [1.29, 1.82) is 0 Å². The number of amides is 2. The largest absolute Gasteiger partial charge is 0.495 e. The number of benzene rings is 1. The molecule has 27 heavy (non-hydrogen) atoms. The average molecular weight is 369 g/mol. The molecule has 0 radical (unpaired) electrons. The van der Waals surface area contributed by atoms with E-state index >= 15 is 0 Å². The third-order valence-electron chi connectivity index (χ3n) is 3.85. The lowest BCUT2D eigenvalue weighted by atomic mass is 10.1. The van der Waals surface area contributed by atoms with Crippen LogP contribution in [0.4, 0.5) is 5.69 Å². The van der Waals surface area contributed by atoms with E-state index in [-0.39, 0.29) is 12.3 Å². The molecule has 2 amide bonds. The summed E-state index contributed by atoms with van der Waals surface area (Å²) in [5.74, 6) is -0.285. The van der Waals surface area contributed by atoms with E-state index in [1.165, 1.54) is 0 Å². The maximum atomic E-state index is 12.5. The summed E-state index contributed by atoms with van der Waals surface area (Å²) < 4.78 is 10.3. The van der Waals surface area contributed by atoms with Gasteiger partial charge < -0.3 is 14.6 Å². The molecular weight excluding hydrogens is 350 g/mol. The van der Waals surface area contributed by atoms with E-state index in [4.69, 9.17) is 9.26 Å². The van der Waals surface area contributed by atoms with Crippen LogP contribution in [-0.2, 0) is 4.79 Å². The van der Waals surface area contributed by atoms with Gasteiger partial charge in [-0.3, -0.25) is 20.4 Å². The van der Waals surface area contributed by atoms with Crippen LogP contribution in [0.3, 0.4) is 0 Å². The van der Waals surface area contributed by atoms with Crippen molar-refractivity contribution in [3.05, 3.63) is 47.3 Å². The molecule has 1 aromatic carbocycles. The Balaban J connectivity index is 1.62. The summed E-state index contributed by atoms with van der Waals surface area (Å²) in [5, 5.41) is 7.29. The van der Waals surface area contributed by atoms with Gasteiger partial charge in [0.25, 0.3) is 17.5 Å². The second-order valence-electron chi connectivity index (χ2n) is 5.82. The summed E-state index contributed by atoms with van der Waals surface area (Å²) in [7, 11) is 1.55. The Hall–Kier alpha value is -3.62. The first-order valence-corrected chi connectivity index (χ1v) is 8.19. The van der Waals surface area contributed by atoms with Gasteiger partial charge in [-0.1, -0.05) is 17.3 Å². The second-order valence-corrected chi connectivity index (χ2v) is 5.82. The van der Waals surface area contributed by atoms with Crippen molar-refractivity contribution < 1.29 is 18.8 Å². The van der Waals surface area contributed by atoms with Crippen LogP contribution in [0.2, 0.25) is 0 Å². The lowest BCUT2D eigenvalue weighted by Crippen LogP contribution is -2.44. The highest BCUT2D eigenvalue weighted by Gasteiger charge is 2.18. The normalized spacial score (nSPS) is 10.5. The van der Waals surface area contributed by atoms with Crippen LogP contribution in [0, 0.1) is 13.8 Å². The average Bonchev–Trinajstić information content (AvgIpc) is 3.04. The van der Waals surface area contributed by atoms with Gasteiger partial charge in [0.05, 0.1) is 36.0 Å². The standard InChI is InChI=1S/C18H19N5O4/c1-10-8-12(16-11(2)23-27-18(16)20-10)17(25)22-21-15(24)9-19-13-6-4-5-7-14(13)26-3/h4-8,19H,9H2,1-3H3,(H,21,24)(H,22,25). The van der Waals surface area contributed by atoms with Crippen molar-refractivity contribution in [2.75, 3.05) is 19.0 Å². The molecule has 0 saturated carbocycles. The zero-order chi connectivity index (χ0) is 19.4. The van der Waals surface area contributed by atoms with E-state index < -0.39 is 11.8 Å². The van der Waals surface area contributed by atoms with Gasteiger partial charge in [0, 0.05) is 5.69 Å². The maximum Gasteiger partial charge on any atom is 0.270 e. The van der Waals surface area contributed by atoms with Crippen LogP contribution < -0.4 is 20.9 Å². The van der Waals surface area contributed by atoms with Crippen molar-refractivity contribution in [3.63, 3.8) is 0 Å². The van der Waals surface area contributed by atoms with E-state index in [2.05, 4.69) is 26.3 Å². The molecule has 140 valence electrons. The molecule has 0 unspecified atom stereocenters. The summed E-state index contributed by atoms with van der Waals surface area (Å²) in [6.07, 6.45) is 0. The van der Waals surface area contributed by atoms with Crippen molar-refractivity contribution in [3.8, 4) is 5.75 Å². The van der Waals surface area contributed by atoms with E-state index in [1.807, 2.05) is 12.1 Å². The molecule has 9 nitrogen and oxygen atoms in total. The van der Waals surface area contributed by atoms with Crippen LogP contribution in [0.5, 0.6) is 5.75 Å². The van der Waals surface area contributed by atoms with Crippen LogP contribution in [0.15, 0.2) is 34.9 Å². The highest BCUT2D eigenvalue weighted by Crippen LogP contribution is 2.23. The number of methoxy groups -OCH3 is 1. The zero-order valence-corrected chi connectivity index (χ0v) is 15.1. The number of rotatable bonds is 5. The number of para-hydroxylation sites is 2. The number of hydrogen-bond acceptors (Lipinski definition) is 7. The molecule has 0 bridgehead atoms. The smallest absolute Gasteiger partial charge is 0.270 e. The highest BCUT2D eigenvalue weighted by molar-refractivity contribution is 6.06. The molecule has 0 atom stereocenters. The van der Waals surface area contributed by atoms with Crippen LogP contribution in [0.1, 0.15) is 21.7 Å². The molecule has 2 heterocycles. The van der Waals surface area contributed by atoms with Gasteiger partial charge in [0.15, 0.2) is 0 Å². The number of carbonyl (C=O) groups is 2. The molecule has 3 aromatic rings. The Morgan fingerprint density at radius 3 is 2.74 bits per heavy atom. The zero-order valence-electron chi connectivity index (χ0n) is 15.1. The van der Waals surface area contributed by atoms with Gasteiger partial charge in [-0.2, -0.15) is 0 Å². The number of ether oxygens (including phenoxy) is 1. The first kappa shape index (κ1) is 18.2. The molecule has 9 heteroatoms. The Bertz CT molecular complexity index is 999. The van der Waals surface area contributed by atoms with E-state index in [0.717, 1.165) is 0 Å². The lowest BCUT2D eigenvalue weighted by Gasteiger charge is -2.12. The first-order valence-electron chi connectivity index (χ1n) is 8.19. The molecule has 0 spiro atoms. The molecule has 2 aromatic heterocycles. The number of pyridine rings is 1. The van der Waals surface area contributed by atoms with E-state index in [0.29, 0.717) is 33.8 Å². The predicted octanol–water partition coefficient (Wildman–Crippen LogP) is 1.72. The molecule has 0 saturated heterocycles. The summed E-state index contributed by atoms with van der Waals surface area (Å²) >= 11 is 0. The Morgan fingerprint density at radius 1 is 1.19 bits per heavy atom. The number of nitrogens with zero attached hydrogens (tertiary/aromatic N) is 2. The van der Waals surface area contributed by atoms with Crippen molar-refractivity contribution in [2.45, 2.75) is 13.8 Å². The van der Waals surface area contributed by atoms with Gasteiger partial charge in [0.2, 0.25) is 0 Å². The molecular formula is C18H19N5O4. The van der Waals surface area contributed by atoms with Gasteiger partial charge in [-0.25, -0.2) is 4.98 Å². The van der Waals surface area contributed by atoms with Crippen LogP contribution >= 0.6 is 0 Å². The third-order valence-corrected chi connectivity index (χ3v) is 3.85. The Labute approximate surface area is 155 Å². The van der Waals surface area contributed by atoms with Crippen LogP contribution in [-0.4, -0.2) is 35.6 Å². The predicted molar refractivity (Wildman–Crippen MR) is 98.4 cm³/mol. The molecule has 3 rings (SSSR count). The highest BCUT2D eigenvalue weighted by atomic mass is 16.5. The number of hydrazine groups is 1. The third kappa shape index (κ3) is 3.97. The summed E-state index contributed by atoms with van der Waals surface area (Å²) in [6, 6.07) is 8.83. The van der Waals surface area contributed by atoms with Gasteiger partial charge in [0.1, 0.15) is 5.75 Å². The first-order chi connectivity index (χ1) is 13.0. The van der Waals surface area contributed by atoms with Crippen molar-refractivity contribution in [1.82, 2.24) is 21.0 Å². The minimum absolute atomic E-state index is 0.0439. The summed E-state index contributed by atoms with van der Waals surface area (Å²) in [6.45, 7) is 3.41. The Morgan fingerprint density at radius 2 is 1.96 bits per heavy atom. The second kappa shape index (κ2) is 7.73. The number of anilines is 1. The quantitative estimate of drug-likeness (QED) is 0.586. The lowest BCUT2D eigenvalue weighted by molar-refractivity contribution is -0.120. The summed E-state index contributed by atoms with van der Waals surface area (Å²) in [5.41, 5.74) is 7.20. The fourth-order valence-electron chi connectivity index (χ4n) is 2.60. The number of nitrogens with one attached hydrogen (secondary N) is 3. The monoisotopic (exact) mass is 369 g/mol. The van der Waals surface area contributed by atoms with Crippen LogP contribution in [0.25, 0.3) is 11.1 Å². The molecule has 0 fully saturated rings. The van der Waals surface area contributed by atoms with Gasteiger partial charge in [-0.15, -0.1) is 0 Å².